The first-order valence-electron chi connectivity index (χ1n) is 12.0. The summed E-state index contributed by atoms with van der Waals surface area (Å²) in [6.07, 6.45) is 4.72. The van der Waals surface area contributed by atoms with E-state index >= 15 is 0 Å². The number of carbonyl (C=O) groups excluding carboxylic acids is 1. The molecular weight excluding hydrogens is 420 g/mol. The molecule has 3 aromatic carbocycles. The Kier molecular flexibility index (Phi) is 4.99. The zero-order valence-corrected chi connectivity index (χ0v) is 19.2. The molecule has 2 aliphatic heterocycles. The number of rotatable bonds is 3. The predicted molar refractivity (Wildman–Crippen MR) is 132 cm³/mol. The van der Waals surface area contributed by atoms with E-state index in [-0.39, 0.29) is 24.1 Å². The molecule has 1 amide bonds. The largest absolute Gasteiger partial charge is 0.448 e. The number of hydrogen-bond donors (Lipinski definition) is 0. The van der Waals surface area contributed by atoms with Crippen LogP contribution in [0.25, 0.3) is 16.7 Å². The smallest absolute Gasteiger partial charge is 0.410 e. The molecular formula is C30H26N2O2. The van der Waals surface area contributed by atoms with Gasteiger partial charge in [-0.15, -0.1) is 0 Å². The molecule has 2 heterocycles. The normalized spacial score (nSPS) is 20.4. The summed E-state index contributed by atoms with van der Waals surface area (Å²) in [7, 11) is 0. The summed E-state index contributed by atoms with van der Waals surface area (Å²) >= 11 is 0. The van der Waals surface area contributed by atoms with Crippen LogP contribution in [0.5, 0.6) is 0 Å². The van der Waals surface area contributed by atoms with Gasteiger partial charge in [-0.2, -0.15) is 5.26 Å². The highest BCUT2D eigenvalue weighted by Crippen LogP contribution is 2.45. The molecule has 3 aromatic rings. The third kappa shape index (κ3) is 3.31. The molecule has 1 saturated heterocycles. The summed E-state index contributed by atoms with van der Waals surface area (Å²) in [6, 6.07) is 25.4. The van der Waals surface area contributed by atoms with Crippen LogP contribution in [-0.2, 0) is 4.74 Å². The Hall–Kier alpha value is -3.84. The van der Waals surface area contributed by atoms with Crippen LogP contribution in [0.15, 0.2) is 72.8 Å². The average molecular weight is 447 g/mol. The summed E-state index contributed by atoms with van der Waals surface area (Å²) in [6.45, 7) is 2.31. The lowest BCUT2D eigenvalue weighted by atomic mass is 9.93. The van der Waals surface area contributed by atoms with Crippen LogP contribution in [0.1, 0.15) is 53.0 Å². The Labute approximate surface area is 200 Å². The molecule has 34 heavy (non-hydrogen) atoms. The highest BCUT2D eigenvalue weighted by Gasteiger charge is 2.41. The second-order valence-electron chi connectivity index (χ2n) is 9.55. The van der Waals surface area contributed by atoms with Gasteiger partial charge in [-0.3, -0.25) is 4.90 Å². The van der Waals surface area contributed by atoms with E-state index in [1.807, 2.05) is 24.0 Å². The number of nitriles is 1. The highest BCUT2D eigenvalue weighted by molar-refractivity contribution is 5.79. The number of ether oxygens (including phenoxy) is 1. The molecule has 3 aliphatic rings. The van der Waals surface area contributed by atoms with E-state index in [1.165, 1.54) is 27.8 Å². The van der Waals surface area contributed by atoms with Gasteiger partial charge in [0.15, 0.2) is 0 Å². The Morgan fingerprint density at radius 3 is 2.41 bits per heavy atom. The number of nitrogens with zero attached hydrogens (tertiary/aromatic N) is 2. The van der Waals surface area contributed by atoms with Crippen LogP contribution >= 0.6 is 0 Å². The van der Waals surface area contributed by atoms with Gasteiger partial charge in [0.2, 0.25) is 0 Å². The number of amides is 1. The van der Waals surface area contributed by atoms with Gasteiger partial charge in [0.1, 0.15) is 6.61 Å². The SMILES string of the molecule is Cc1ccc(C2=CC3CCC(C2)N3C(=O)OCC2c3ccccc3-c3ccccc32)cc1C#N. The zero-order valence-electron chi connectivity index (χ0n) is 19.2. The Balaban J connectivity index is 1.20. The van der Waals surface area contributed by atoms with Crippen molar-refractivity contribution < 1.29 is 9.53 Å². The molecule has 0 spiro atoms. The summed E-state index contributed by atoms with van der Waals surface area (Å²) in [5, 5.41) is 9.40. The van der Waals surface area contributed by atoms with Crippen molar-refractivity contribution >= 4 is 11.7 Å². The first-order chi connectivity index (χ1) is 16.6. The van der Waals surface area contributed by atoms with Crippen molar-refractivity contribution in [3.63, 3.8) is 0 Å². The molecule has 0 saturated carbocycles. The monoisotopic (exact) mass is 446 g/mol. The molecule has 2 atom stereocenters. The maximum Gasteiger partial charge on any atom is 0.410 e. The van der Waals surface area contributed by atoms with Crippen molar-refractivity contribution in [2.24, 2.45) is 0 Å². The molecule has 4 heteroatoms. The van der Waals surface area contributed by atoms with Crippen LogP contribution < -0.4 is 0 Å². The van der Waals surface area contributed by atoms with Gasteiger partial charge in [-0.1, -0.05) is 66.7 Å². The second-order valence-corrected chi connectivity index (χ2v) is 9.55. The van der Waals surface area contributed by atoms with Gasteiger partial charge in [0, 0.05) is 12.0 Å². The fraction of sp³-hybridized carbons (Fsp3) is 0.267. The molecule has 2 bridgehead atoms. The van der Waals surface area contributed by atoms with Crippen molar-refractivity contribution in [2.45, 2.75) is 44.2 Å². The number of benzene rings is 3. The van der Waals surface area contributed by atoms with E-state index in [4.69, 9.17) is 4.74 Å². The molecule has 4 nitrogen and oxygen atoms in total. The molecule has 1 aliphatic carbocycles. The van der Waals surface area contributed by atoms with Crippen molar-refractivity contribution in [3.05, 3.63) is 101 Å². The standard InChI is InChI=1S/C30H26N2O2/c1-19-10-11-20(14-22(19)17-31)21-15-23-12-13-24(16-21)32(23)30(33)34-18-29-27-8-4-2-6-25(27)26-7-3-5-9-28(26)29/h2-11,14-15,23-24,29H,12-13,16,18H2,1H3. The molecule has 2 unspecified atom stereocenters. The van der Waals surface area contributed by atoms with E-state index in [9.17, 15) is 10.1 Å². The summed E-state index contributed by atoms with van der Waals surface area (Å²) in [4.78, 5) is 15.2. The van der Waals surface area contributed by atoms with Gasteiger partial charge in [-0.05, 0) is 71.2 Å². The van der Waals surface area contributed by atoms with Crippen LogP contribution in [0.3, 0.4) is 0 Å². The third-order valence-electron chi connectivity index (χ3n) is 7.67. The van der Waals surface area contributed by atoms with Crippen LogP contribution in [0.2, 0.25) is 0 Å². The molecule has 0 aromatic heterocycles. The maximum atomic E-state index is 13.3. The number of hydrogen-bond acceptors (Lipinski definition) is 3. The fourth-order valence-corrected chi connectivity index (χ4v) is 5.94. The third-order valence-corrected chi connectivity index (χ3v) is 7.67. The van der Waals surface area contributed by atoms with Gasteiger partial charge in [-0.25, -0.2) is 4.79 Å². The number of fused-ring (bicyclic) bond motifs is 5. The van der Waals surface area contributed by atoms with Crippen molar-refractivity contribution in [1.29, 1.82) is 5.26 Å². The lowest BCUT2D eigenvalue weighted by Crippen LogP contribution is -2.43. The first-order valence-corrected chi connectivity index (χ1v) is 12.0. The second kappa shape index (κ2) is 8.18. The molecule has 0 radical (unpaired) electrons. The highest BCUT2D eigenvalue weighted by atomic mass is 16.6. The maximum absolute atomic E-state index is 13.3. The molecule has 6 rings (SSSR count). The van der Waals surface area contributed by atoms with Crippen LogP contribution in [0.4, 0.5) is 4.79 Å². The van der Waals surface area contributed by atoms with Gasteiger partial charge < -0.3 is 4.74 Å². The van der Waals surface area contributed by atoms with E-state index in [2.05, 4.69) is 66.7 Å². The van der Waals surface area contributed by atoms with Gasteiger partial charge in [0.05, 0.1) is 17.7 Å². The summed E-state index contributed by atoms with van der Waals surface area (Å²) in [5.74, 6) is 0.0712. The van der Waals surface area contributed by atoms with Crippen LogP contribution in [-0.4, -0.2) is 29.7 Å². The minimum atomic E-state index is -0.216. The Morgan fingerprint density at radius 1 is 1.03 bits per heavy atom. The minimum Gasteiger partial charge on any atom is -0.448 e. The topological polar surface area (TPSA) is 53.3 Å². The van der Waals surface area contributed by atoms with Crippen LogP contribution in [0, 0.1) is 18.3 Å². The van der Waals surface area contributed by atoms with Gasteiger partial charge >= 0.3 is 6.09 Å². The lowest BCUT2D eigenvalue weighted by molar-refractivity contribution is 0.0866. The van der Waals surface area contributed by atoms with E-state index in [0.717, 1.165) is 30.4 Å². The number of carbonyl (C=O) groups is 1. The molecule has 0 N–H and O–H groups in total. The summed E-state index contributed by atoms with van der Waals surface area (Å²) < 4.78 is 5.97. The van der Waals surface area contributed by atoms with Gasteiger partial charge in [0.25, 0.3) is 0 Å². The average Bonchev–Trinajstić information content (AvgIpc) is 3.33. The van der Waals surface area contributed by atoms with Crippen molar-refractivity contribution in [1.82, 2.24) is 4.90 Å². The molecule has 1 fully saturated rings. The summed E-state index contributed by atoms with van der Waals surface area (Å²) in [5.41, 5.74) is 8.95. The lowest BCUT2D eigenvalue weighted by Gasteiger charge is -2.33. The van der Waals surface area contributed by atoms with E-state index in [1.54, 1.807) is 0 Å². The predicted octanol–water partition coefficient (Wildman–Crippen LogP) is 6.44. The zero-order chi connectivity index (χ0) is 23.2. The molecule has 168 valence electrons. The van der Waals surface area contributed by atoms with E-state index in [0.29, 0.717) is 12.2 Å². The van der Waals surface area contributed by atoms with E-state index < -0.39 is 0 Å². The Morgan fingerprint density at radius 2 is 1.74 bits per heavy atom. The quantitative estimate of drug-likeness (QED) is 0.465. The Bertz CT molecular complexity index is 1320. The van der Waals surface area contributed by atoms with Crippen molar-refractivity contribution in [3.8, 4) is 17.2 Å². The first kappa shape index (κ1) is 20.7. The minimum absolute atomic E-state index is 0.0521. The van der Waals surface area contributed by atoms with Crippen molar-refractivity contribution in [2.75, 3.05) is 6.61 Å². The fourth-order valence-electron chi connectivity index (χ4n) is 5.94. The number of aryl methyl sites for hydroxylation is 1.